The lowest BCUT2D eigenvalue weighted by Crippen LogP contribution is -2.18. The van der Waals surface area contributed by atoms with Gasteiger partial charge in [0.25, 0.3) is 0 Å². The molecule has 1 unspecified atom stereocenters. The third kappa shape index (κ3) is 2.58. The van der Waals surface area contributed by atoms with Crippen LogP contribution in [0.4, 0.5) is 0 Å². The zero-order valence-corrected chi connectivity index (χ0v) is 9.59. The van der Waals surface area contributed by atoms with E-state index in [9.17, 15) is 4.79 Å². The number of rotatable bonds is 3. The second-order valence-electron chi connectivity index (χ2n) is 4.20. The van der Waals surface area contributed by atoms with Crippen LogP contribution >= 0.6 is 11.3 Å². The van der Waals surface area contributed by atoms with Gasteiger partial charge < -0.3 is 5.11 Å². The molecule has 1 atom stereocenters. The number of thiophene rings is 1. The second-order valence-corrected chi connectivity index (χ2v) is 5.37. The summed E-state index contributed by atoms with van der Waals surface area (Å²) in [5, 5.41) is 8.80. The van der Waals surface area contributed by atoms with Crippen molar-refractivity contribution in [2.45, 2.75) is 19.9 Å². The van der Waals surface area contributed by atoms with Gasteiger partial charge >= 0.3 is 5.97 Å². The average molecular weight is 225 g/mol. The van der Waals surface area contributed by atoms with Crippen molar-refractivity contribution in [1.82, 2.24) is 4.90 Å². The molecule has 1 aliphatic heterocycles. The molecule has 0 amide bonds. The fraction of sp³-hybridized carbons (Fsp3) is 0.545. The highest BCUT2D eigenvalue weighted by molar-refractivity contribution is 7.13. The van der Waals surface area contributed by atoms with Crippen molar-refractivity contribution < 1.29 is 9.90 Å². The highest BCUT2D eigenvalue weighted by atomic mass is 32.1. The van der Waals surface area contributed by atoms with Crippen LogP contribution in [0.5, 0.6) is 0 Å². The monoisotopic (exact) mass is 225 g/mol. The number of carboxylic acids is 1. The Bertz CT molecular complexity index is 361. The molecule has 3 nitrogen and oxygen atoms in total. The first kappa shape index (κ1) is 10.6. The lowest BCUT2D eigenvalue weighted by molar-refractivity contribution is 0.0702. The average Bonchev–Trinajstić information content (AvgIpc) is 2.76. The minimum Gasteiger partial charge on any atom is -0.477 e. The highest BCUT2D eigenvalue weighted by Gasteiger charge is 2.19. The van der Waals surface area contributed by atoms with Crippen LogP contribution in [0.15, 0.2) is 12.1 Å². The third-order valence-electron chi connectivity index (χ3n) is 2.76. The van der Waals surface area contributed by atoms with Crippen LogP contribution in [0.2, 0.25) is 0 Å². The summed E-state index contributed by atoms with van der Waals surface area (Å²) in [6, 6.07) is 3.62. The molecule has 2 rings (SSSR count). The molecule has 1 saturated heterocycles. The van der Waals surface area contributed by atoms with E-state index in [0.717, 1.165) is 30.4 Å². The van der Waals surface area contributed by atoms with E-state index in [0.29, 0.717) is 4.88 Å². The van der Waals surface area contributed by atoms with Gasteiger partial charge in [0.1, 0.15) is 4.88 Å². The molecule has 82 valence electrons. The lowest BCUT2D eigenvalue weighted by Gasteiger charge is -2.13. The van der Waals surface area contributed by atoms with E-state index in [-0.39, 0.29) is 0 Å². The number of nitrogens with zero attached hydrogens (tertiary/aromatic N) is 1. The van der Waals surface area contributed by atoms with Gasteiger partial charge in [-0.3, -0.25) is 4.90 Å². The molecule has 15 heavy (non-hydrogen) atoms. The van der Waals surface area contributed by atoms with Crippen LogP contribution in [-0.4, -0.2) is 29.1 Å². The van der Waals surface area contributed by atoms with Gasteiger partial charge in [-0.05, 0) is 31.0 Å². The summed E-state index contributed by atoms with van der Waals surface area (Å²) in [6.07, 6.45) is 1.26. The van der Waals surface area contributed by atoms with Crippen LogP contribution in [0.3, 0.4) is 0 Å². The molecule has 0 spiro atoms. The fourth-order valence-electron chi connectivity index (χ4n) is 1.97. The van der Waals surface area contributed by atoms with Gasteiger partial charge in [0.2, 0.25) is 0 Å². The lowest BCUT2D eigenvalue weighted by atomic mass is 10.2. The van der Waals surface area contributed by atoms with E-state index in [4.69, 9.17) is 5.11 Å². The molecule has 0 bridgehead atoms. The van der Waals surface area contributed by atoms with E-state index in [1.54, 1.807) is 6.07 Å². The van der Waals surface area contributed by atoms with E-state index in [1.807, 2.05) is 6.07 Å². The van der Waals surface area contributed by atoms with Crippen LogP contribution in [0.25, 0.3) is 0 Å². The molecular weight excluding hydrogens is 210 g/mol. The molecular formula is C11H15NO2S. The predicted molar refractivity (Wildman–Crippen MR) is 60.3 cm³/mol. The molecule has 1 N–H and O–H groups in total. The molecule has 0 aromatic carbocycles. The Hall–Kier alpha value is -0.870. The molecule has 1 aromatic rings. The molecule has 1 aliphatic rings. The van der Waals surface area contributed by atoms with Gasteiger partial charge in [-0.1, -0.05) is 6.92 Å². The van der Waals surface area contributed by atoms with E-state index in [1.165, 1.54) is 17.8 Å². The predicted octanol–water partition coefficient (Wildman–Crippen LogP) is 2.29. The summed E-state index contributed by atoms with van der Waals surface area (Å²) >= 11 is 1.39. The summed E-state index contributed by atoms with van der Waals surface area (Å²) < 4.78 is 0. The van der Waals surface area contributed by atoms with Crippen molar-refractivity contribution in [2.75, 3.05) is 13.1 Å². The zero-order valence-electron chi connectivity index (χ0n) is 8.77. The number of aromatic carboxylic acids is 1. The molecule has 1 fully saturated rings. The van der Waals surface area contributed by atoms with Crippen molar-refractivity contribution in [3.8, 4) is 0 Å². The van der Waals surface area contributed by atoms with Gasteiger partial charge in [0, 0.05) is 18.0 Å². The quantitative estimate of drug-likeness (QED) is 0.858. The Balaban J connectivity index is 1.96. The Morgan fingerprint density at radius 3 is 3.00 bits per heavy atom. The Labute approximate surface area is 93.3 Å². The molecule has 2 heterocycles. The minimum atomic E-state index is -0.818. The topological polar surface area (TPSA) is 40.5 Å². The summed E-state index contributed by atoms with van der Waals surface area (Å²) in [5.74, 6) is -0.0371. The number of likely N-dealkylation sites (tertiary alicyclic amines) is 1. The van der Waals surface area contributed by atoms with E-state index < -0.39 is 5.97 Å². The van der Waals surface area contributed by atoms with E-state index >= 15 is 0 Å². The third-order valence-corrected chi connectivity index (χ3v) is 3.82. The van der Waals surface area contributed by atoms with Gasteiger partial charge in [-0.15, -0.1) is 11.3 Å². The van der Waals surface area contributed by atoms with Crippen molar-refractivity contribution in [1.29, 1.82) is 0 Å². The summed E-state index contributed by atoms with van der Waals surface area (Å²) in [4.78, 5) is 14.7. The number of hydrogen-bond acceptors (Lipinski definition) is 3. The largest absolute Gasteiger partial charge is 0.477 e. The fourth-order valence-corrected chi connectivity index (χ4v) is 2.86. The Morgan fingerprint density at radius 1 is 1.67 bits per heavy atom. The van der Waals surface area contributed by atoms with Gasteiger partial charge in [0.05, 0.1) is 0 Å². The summed E-state index contributed by atoms with van der Waals surface area (Å²) in [5.41, 5.74) is 0. The smallest absolute Gasteiger partial charge is 0.345 e. The first-order chi connectivity index (χ1) is 7.15. The number of carbonyl (C=O) groups is 1. The Kier molecular flexibility index (Phi) is 3.07. The van der Waals surface area contributed by atoms with Crippen molar-refractivity contribution in [3.63, 3.8) is 0 Å². The van der Waals surface area contributed by atoms with Crippen molar-refractivity contribution in [3.05, 3.63) is 21.9 Å². The van der Waals surface area contributed by atoms with Crippen molar-refractivity contribution in [2.24, 2.45) is 5.92 Å². The molecule has 0 aliphatic carbocycles. The summed E-state index contributed by atoms with van der Waals surface area (Å²) in [7, 11) is 0. The van der Waals surface area contributed by atoms with Gasteiger partial charge in [-0.25, -0.2) is 4.79 Å². The van der Waals surface area contributed by atoms with Crippen LogP contribution in [0.1, 0.15) is 27.9 Å². The normalized spacial score (nSPS) is 22.1. The van der Waals surface area contributed by atoms with Crippen LogP contribution in [-0.2, 0) is 6.54 Å². The van der Waals surface area contributed by atoms with Crippen molar-refractivity contribution >= 4 is 17.3 Å². The summed E-state index contributed by atoms with van der Waals surface area (Å²) in [6.45, 7) is 5.45. The SMILES string of the molecule is CC1CCN(Cc2ccc(C(=O)O)s2)C1. The molecule has 1 aromatic heterocycles. The standard InChI is InChI=1S/C11H15NO2S/c1-8-4-5-12(6-8)7-9-2-3-10(15-9)11(13)14/h2-3,8H,4-7H2,1H3,(H,13,14). The second kappa shape index (κ2) is 4.33. The molecule has 4 heteroatoms. The molecule has 0 saturated carbocycles. The first-order valence-electron chi connectivity index (χ1n) is 5.19. The highest BCUT2D eigenvalue weighted by Crippen LogP contribution is 2.22. The maximum Gasteiger partial charge on any atom is 0.345 e. The maximum absolute atomic E-state index is 10.7. The van der Waals surface area contributed by atoms with Gasteiger partial charge in [0.15, 0.2) is 0 Å². The van der Waals surface area contributed by atoms with E-state index in [2.05, 4.69) is 11.8 Å². The zero-order chi connectivity index (χ0) is 10.8. The van der Waals surface area contributed by atoms with Crippen LogP contribution in [0, 0.1) is 5.92 Å². The maximum atomic E-state index is 10.7. The van der Waals surface area contributed by atoms with Crippen LogP contribution < -0.4 is 0 Å². The first-order valence-corrected chi connectivity index (χ1v) is 6.01. The Morgan fingerprint density at radius 2 is 2.47 bits per heavy atom. The number of carboxylic acid groups (broad SMARTS) is 1. The molecule has 0 radical (unpaired) electrons. The van der Waals surface area contributed by atoms with Gasteiger partial charge in [-0.2, -0.15) is 0 Å². The number of hydrogen-bond donors (Lipinski definition) is 1. The minimum absolute atomic E-state index is 0.442.